The van der Waals surface area contributed by atoms with Crippen LogP contribution >= 0.6 is 31.9 Å². The summed E-state index contributed by atoms with van der Waals surface area (Å²) in [5.74, 6) is -0.395. The Morgan fingerprint density at radius 3 is 2.70 bits per heavy atom. The van der Waals surface area contributed by atoms with Crippen molar-refractivity contribution in [2.75, 3.05) is 0 Å². The van der Waals surface area contributed by atoms with Crippen LogP contribution in [0.2, 0.25) is 0 Å². The van der Waals surface area contributed by atoms with Crippen LogP contribution in [0.5, 0.6) is 0 Å². The standard InChI is InChI=1S/C20H12Br2N2O3/c1-11(25)24-10-12(15-9-13(21)6-7-18(15)24)8-17-20(26)27-19(23-17)14-4-2-3-5-16(14)22/h2-10H,1H3/b17-8-. The number of rotatable bonds is 2. The molecule has 0 spiro atoms. The number of cyclic esters (lactones) is 1. The number of fused-ring (bicyclic) bond motifs is 1. The lowest BCUT2D eigenvalue weighted by molar-refractivity contribution is -0.129. The normalized spacial score (nSPS) is 15.3. The van der Waals surface area contributed by atoms with Gasteiger partial charge in [-0.25, -0.2) is 9.79 Å². The van der Waals surface area contributed by atoms with Crippen LogP contribution in [-0.4, -0.2) is 22.3 Å². The summed E-state index contributed by atoms with van der Waals surface area (Å²) in [5.41, 5.74) is 2.36. The molecule has 0 unspecified atom stereocenters. The second kappa shape index (κ2) is 6.90. The summed E-state index contributed by atoms with van der Waals surface area (Å²) in [7, 11) is 0. The molecule has 5 nitrogen and oxygen atoms in total. The molecule has 0 amide bonds. The maximum absolute atomic E-state index is 12.3. The molecule has 3 aromatic rings. The van der Waals surface area contributed by atoms with Crippen LogP contribution in [0.25, 0.3) is 17.0 Å². The number of aromatic nitrogens is 1. The first-order valence-corrected chi connectivity index (χ1v) is 9.61. The zero-order valence-electron chi connectivity index (χ0n) is 14.1. The minimum absolute atomic E-state index is 0.113. The van der Waals surface area contributed by atoms with Gasteiger partial charge in [0.1, 0.15) is 0 Å². The van der Waals surface area contributed by atoms with Crippen molar-refractivity contribution in [3.05, 3.63) is 74.4 Å². The SMILES string of the molecule is CC(=O)n1cc(/C=C2\N=C(c3ccccc3Br)OC2=O)c2cc(Br)ccc21. The highest BCUT2D eigenvalue weighted by Crippen LogP contribution is 2.29. The molecule has 0 aliphatic carbocycles. The zero-order valence-corrected chi connectivity index (χ0v) is 17.2. The molecule has 0 saturated carbocycles. The van der Waals surface area contributed by atoms with Gasteiger partial charge in [0, 0.05) is 33.0 Å². The van der Waals surface area contributed by atoms with Gasteiger partial charge in [-0.3, -0.25) is 9.36 Å². The number of halogens is 2. The molecule has 27 heavy (non-hydrogen) atoms. The third kappa shape index (κ3) is 3.28. The summed E-state index contributed by atoms with van der Waals surface area (Å²) in [6, 6.07) is 13.0. The Hall–Kier alpha value is -2.51. The van der Waals surface area contributed by atoms with Gasteiger partial charge in [-0.1, -0.05) is 28.1 Å². The predicted molar refractivity (Wildman–Crippen MR) is 111 cm³/mol. The fourth-order valence-corrected chi connectivity index (χ4v) is 3.73. The lowest BCUT2D eigenvalue weighted by Gasteiger charge is -2.01. The molecule has 1 aliphatic heterocycles. The van der Waals surface area contributed by atoms with Crippen LogP contribution in [0.1, 0.15) is 22.8 Å². The second-order valence-electron chi connectivity index (χ2n) is 5.95. The van der Waals surface area contributed by atoms with E-state index in [0.29, 0.717) is 11.1 Å². The van der Waals surface area contributed by atoms with Crippen molar-refractivity contribution in [2.24, 2.45) is 4.99 Å². The number of hydrogen-bond acceptors (Lipinski definition) is 4. The lowest BCUT2D eigenvalue weighted by atomic mass is 10.1. The molecule has 1 aromatic heterocycles. The number of esters is 1. The van der Waals surface area contributed by atoms with E-state index >= 15 is 0 Å². The minimum Gasteiger partial charge on any atom is -0.402 e. The van der Waals surface area contributed by atoms with Gasteiger partial charge in [-0.15, -0.1) is 0 Å². The smallest absolute Gasteiger partial charge is 0.363 e. The Bertz CT molecular complexity index is 1180. The van der Waals surface area contributed by atoms with Gasteiger partial charge in [0.15, 0.2) is 5.70 Å². The first kappa shape index (κ1) is 17.9. The Morgan fingerprint density at radius 1 is 1.19 bits per heavy atom. The molecule has 2 aromatic carbocycles. The second-order valence-corrected chi connectivity index (χ2v) is 7.72. The van der Waals surface area contributed by atoms with Crippen LogP contribution in [0, 0.1) is 0 Å². The van der Waals surface area contributed by atoms with E-state index in [2.05, 4.69) is 36.9 Å². The molecule has 0 saturated heterocycles. The lowest BCUT2D eigenvalue weighted by Crippen LogP contribution is -2.05. The van der Waals surface area contributed by atoms with Crippen LogP contribution in [-0.2, 0) is 9.53 Å². The first-order valence-electron chi connectivity index (χ1n) is 8.03. The molecule has 0 radical (unpaired) electrons. The van der Waals surface area contributed by atoms with Crippen LogP contribution in [0.3, 0.4) is 0 Å². The highest BCUT2D eigenvalue weighted by molar-refractivity contribution is 9.10. The third-order valence-electron chi connectivity index (χ3n) is 4.15. The van der Waals surface area contributed by atoms with Crippen molar-refractivity contribution in [2.45, 2.75) is 6.92 Å². The van der Waals surface area contributed by atoms with Crippen molar-refractivity contribution >= 4 is 66.6 Å². The van der Waals surface area contributed by atoms with Gasteiger partial charge in [-0.2, -0.15) is 0 Å². The van der Waals surface area contributed by atoms with Crippen LogP contribution < -0.4 is 0 Å². The number of carbonyl (C=O) groups excluding carboxylic acids is 2. The molecule has 134 valence electrons. The quantitative estimate of drug-likeness (QED) is 0.370. The number of benzene rings is 2. The van der Waals surface area contributed by atoms with E-state index in [1.165, 1.54) is 6.92 Å². The monoisotopic (exact) mass is 486 g/mol. The van der Waals surface area contributed by atoms with E-state index < -0.39 is 5.97 Å². The zero-order chi connectivity index (χ0) is 19.1. The average molecular weight is 488 g/mol. The summed E-state index contributed by atoms with van der Waals surface area (Å²) in [6.45, 7) is 1.49. The third-order valence-corrected chi connectivity index (χ3v) is 5.34. The Kier molecular flexibility index (Phi) is 4.57. The summed E-state index contributed by atoms with van der Waals surface area (Å²) >= 11 is 6.88. The molecule has 1 aliphatic rings. The fourth-order valence-electron chi connectivity index (χ4n) is 2.91. The predicted octanol–water partition coefficient (Wildman–Crippen LogP) is 5.17. The highest BCUT2D eigenvalue weighted by Gasteiger charge is 2.26. The van der Waals surface area contributed by atoms with Gasteiger partial charge in [0.25, 0.3) is 0 Å². The topological polar surface area (TPSA) is 60.7 Å². The molecular formula is C20H12Br2N2O3. The summed E-state index contributed by atoms with van der Waals surface area (Å²) < 4.78 is 8.55. The van der Waals surface area contributed by atoms with E-state index in [9.17, 15) is 9.59 Å². The fraction of sp³-hybridized carbons (Fsp3) is 0.0500. The first-order chi connectivity index (χ1) is 12.9. The molecule has 4 rings (SSSR count). The Balaban J connectivity index is 1.84. The number of aliphatic imine (C=N–C) groups is 1. The number of ether oxygens (including phenoxy) is 1. The summed E-state index contributed by atoms with van der Waals surface area (Å²) in [4.78, 5) is 28.6. The summed E-state index contributed by atoms with van der Waals surface area (Å²) in [5, 5.41) is 0.837. The van der Waals surface area contributed by atoms with E-state index in [4.69, 9.17) is 4.74 Å². The van der Waals surface area contributed by atoms with Crippen molar-refractivity contribution in [1.82, 2.24) is 4.57 Å². The largest absolute Gasteiger partial charge is 0.402 e. The van der Waals surface area contributed by atoms with Gasteiger partial charge in [0.2, 0.25) is 11.8 Å². The molecular weight excluding hydrogens is 476 g/mol. The van der Waals surface area contributed by atoms with Gasteiger partial charge >= 0.3 is 5.97 Å². The summed E-state index contributed by atoms with van der Waals surface area (Å²) in [6.07, 6.45) is 3.34. The van der Waals surface area contributed by atoms with E-state index in [1.807, 2.05) is 42.5 Å². The van der Waals surface area contributed by atoms with Crippen molar-refractivity contribution in [1.29, 1.82) is 0 Å². The van der Waals surface area contributed by atoms with Crippen LogP contribution in [0.4, 0.5) is 0 Å². The van der Waals surface area contributed by atoms with Crippen molar-refractivity contribution in [3.8, 4) is 0 Å². The maximum atomic E-state index is 12.3. The van der Waals surface area contributed by atoms with Gasteiger partial charge in [-0.05, 0) is 52.3 Å². The Labute approximate surface area is 171 Å². The number of hydrogen-bond donors (Lipinski definition) is 0. The highest BCUT2D eigenvalue weighted by atomic mass is 79.9. The molecule has 0 N–H and O–H groups in total. The maximum Gasteiger partial charge on any atom is 0.363 e. The molecule has 2 heterocycles. The molecule has 0 bridgehead atoms. The Morgan fingerprint density at radius 2 is 1.96 bits per heavy atom. The molecule has 0 fully saturated rings. The van der Waals surface area contributed by atoms with E-state index in [0.717, 1.165) is 19.8 Å². The van der Waals surface area contributed by atoms with Gasteiger partial charge in [0.05, 0.1) is 11.1 Å². The van der Waals surface area contributed by atoms with Crippen molar-refractivity contribution < 1.29 is 14.3 Å². The van der Waals surface area contributed by atoms with E-state index in [-0.39, 0.29) is 17.5 Å². The minimum atomic E-state index is -0.528. The van der Waals surface area contributed by atoms with Gasteiger partial charge < -0.3 is 4.74 Å². The van der Waals surface area contributed by atoms with E-state index in [1.54, 1.807) is 16.8 Å². The average Bonchev–Trinajstić information content (AvgIpc) is 3.17. The number of nitrogens with zero attached hydrogens (tertiary/aromatic N) is 2. The molecule has 7 heteroatoms. The molecule has 0 atom stereocenters. The van der Waals surface area contributed by atoms with Crippen molar-refractivity contribution in [3.63, 3.8) is 0 Å². The van der Waals surface area contributed by atoms with Crippen LogP contribution in [0.15, 0.2) is 68.3 Å². The number of carbonyl (C=O) groups is 2.